The number of hydrogen-bond donors (Lipinski definition) is 2. The fourth-order valence-electron chi connectivity index (χ4n) is 2.15. The van der Waals surface area contributed by atoms with Crippen molar-refractivity contribution in [2.24, 2.45) is 5.92 Å². The first-order valence-electron chi connectivity index (χ1n) is 6.79. The largest absolute Gasteiger partial charge is 0.480 e. The molecular formula is C13H22N2O5. The van der Waals surface area contributed by atoms with E-state index in [0.717, 1.165) is 6.42 Å². The Balaban J connectivity index is 2.66. The van der Waals surface area contributed by atoms with Gasteiger partial charge in [-0.2, -0.15) is 0 Å². The van der Waals surface area contributed by atoms with E-state index in [1.807, 2.05) is 0 Å². The van der Waals surface area contributed by atoms with Crippen molar-refractivity contribution in [2.75, 3.05) is 26.3 Å². The molecule has 7 heteroatoms. The fourth-order valence-corrected chi connectivity index (χ4v) is 2.15. The second kappa shape index (κ2) is 7.84. The SMILES string of the molecule is CC(=O)NCCN(C(=O)C1CCCOC1)C(C)C(=O)O. The summed E-state index contributed by atoms with van der Waals surface area (Å²) in [7, 11) is 0. The van der Waals surface area contributed by atoms with Crippen molar-refractivity contribution in [3.8, 4) is 0 Å². The highest BCUT2D eigenvalue weighted by molar-refractivity contribution is 5.85. The van der Waals surface area contributed by atoms with Crippen molar-refractivity contribution in [1.29, 1.82) is 0 Å². The maximum atomic E-state index is 12.4. The van der Waals surface area contributed by atoms with E-state index in [1.165, 1.54) is 18.7 Å². The van der Waals surface area contributed by atoms with Gasteiger partial charge in [-0.05, 0) is 19.8 Å². The number of ether oxygens (including phenoxy) is 1. The molecule has 0 aromatic carbocycles. The van der Waals surface area contributed by atoms with Gasteiger partial charge in [0.15, 0.2) is 0 Å². The number of aliphatic carboxylic acids is 1. The summed E-state index contributed by atoms with van der Waals surface area (Å²) >= 11 is 0. The van der Waals surface area contributed by atoms with Crippen molar-refractivity contribution >= 4 is 17.8 Å². The van der Waals surface area contributed by atoms with Gasteiger partial charge in [0.05, 0.1) is 12.5 Å². The quantitative estimate of drug-likeness (QED) is 0.708. The highest BCUT2D eigenvalue weighted by atomic mass is 16.5. The molecule has 7 nitrogen and oxygen atoms in total. The van der Waals surface area contributed by atoms with E-state index in [1.54, 1.807) is 0 Å². The predicted octanol–water partition coefficient (Wildman–Crippen LogP) is -0.149. The van der Waals surface area contributed by atoms with Crippen LogP contribution in [0.1, 0.15) is 26.7 Å². The Bertz CT molecular complexity index is 366. The molecule has 1 saturated heterocycles. The number of amides is 2. The topological polar surface area (TPSA) is 95.9 Å². The monoisotopic (exact) mass is 286 g/mol. The second-order valence-electron chi connectivity index (χ2n) is 4.94. The van der Waals surface area contributed by atoms with E-state index >= 15 is 0 Å². The maximum absolute atomic E-state index is 12.4. The molecule has 0 radical (unpaired) electrons. The first-order chi connectivity index (χ1) is 9.43. The van der Waals surface area contributed by atoms with Crippen LogP contribution in [0.15, 0.2) is 0 Å². The average Bonchev–Trinajstić information content (AvgIpc) is 2.43. The molecule has 2 unspecified atom stereocenters. The van der Waals surface area contributed by atoms with Crippen LogP contribution in [0.5, 0.6) is 0 Å². The summed E-state index contributed by atoms with van der Waals surface area (Å²) in [5.74, 6) is -1.77. The molecule has 20 heavy (non-hydrogen) atoms. The van der Waals surface area contributed by atoms with E-state index in [4.69, 9.17) is 9.84 Å². The summed E-state index contributed by atoms with van der Waals surface area (Å²) in [4.78, 5) is 35.7. The van der Waals surface area contributed by atoms with Crippen LogP contribution < -0.4 is 5.32 Å². The minimum Gasteiger partial charge on any atom is -0.480 e. The number of carboxylic acid groups (broad SMARTS) is 1. The number of carbonyl (C=O) groups excluding carboxylic acids is 2. The first-order valence-corrected chi connectivity index (χ1v) is 6.79. The Kier molecular flexibility index (Phi) is 6.44. The van der Waals surface area contributed by atoms with Crippen molar-refractivity contribution in [1.82, 2.24) is 10.2 Å². The molecule has 0 spiro atoms. The molecule has 0 saturated carbocycles. The number of hydrogen-bond acceptors (Lipinski definition) is 4. The number of nitrogens with zero attached hydrogens (tertiary/aromatic N) is 1. The van der Waals surface area contributed by atoms with Gasteiger partial charge in [-0.1, -0.05) is 0 Å². The molecule has 0 aromatic rings. The molecule has 1 aliphatic heterocycles. The number of carbonyl (C=O) groups is 3. The van der Waals surface area contributed by atoms with Gasteiger partial charge >= 0.3 is 5.97 Å². The van der Waals surface area contributed by atoms with Gasteiger partial charge in [0.25, 0.3) is 0 Å². The van der Waals surface area contributed by atoms with E-state index in [-0.39, 0.29) is 30.8 Å². The van der Waals surface area contributed by atoms with Crippen LogP contribution in [-0.4, -0.2) is 60.1 Å². The molecule has 1 rings (SSSR count). The molecule has 1 aliphatic rings. The van der Waals surface area contributed by atoms with Crippen molar-refractivity contribution in [3.05, 3.63) is 0 Å². The Labute approximate surface area is 118 Å². The van der Waals surface area contributed by atoms with Crippen molar-refractivity contribution in [3.63, 3.8) is 0 Å². The standard InChI is InChI=1S/C13H22N2O5/c1-9(13(18)19)15(6-5-14-10(2)16)12(17)11-4-3-7-20-8-11/h9,11H,3-8H2,1-2H3,(H,14,16)(H,18,19). The molecule has 1 fully saturated rings. The number of carboxylic acids is 1. The Morgan fingerprint density at radius 1 is 1.45 bits per heavy atom. The zero-order valence-corrected chi connectivity index (χ0v) is 11.9. The third-order valence-corrected chi connectivity index (χ3v) is 3.34. The Morgan fingerprint density at radius 3 is 2.65 bits per heavy atom. The smallest absolute Gasteiger partial charge is 0.326 e. The zero-order valence-electron chi connectivity index (χ0n) is 11.9. The summed E-state index contributed by atoms with van der Waals surface area (Å²) < 4.78 is 5.27. The van der Waals surface area contributed by atoms with E-state index in [0.29, 0.717) is 19.6 Å². The molecule has 1 heterocycles. The average molecular weight is 286 g/mol. The Morgan fingerprint density at radius 2 is 2.15 bits per heavy atom. The number of nitrogens with one attached hydrogen (secondary N) is 1. The van der Waals surface area contributed by atoms with Crippen LogP contribution in [0, 0.1) is 5.92 Å². The van der Waals surface area contributed by atoms with Gasteiger partial charge < -0.3 is 20.1 Å². The maximum Gasteiger partial charge on any atom is 0.326 e. The molecule has 2 N–H and O–H groups in total. The molecule has 114 valence electrons. The molecule has 0 aliphatic carbocycles. The summed E-state index contributed by atoms with van der Waals surface area (Å²) in [5, 5.41) is 11.7. The molecular weight excluding hydrogens is 264 g/mol. The van der Waals surface area contributed by atoms with Gasteiger partial charge in [-0.15, -0.1) is 0 Å². The number of rotatable bonds is 6. The highest BCUT2D eigenvalue weighted by Gasteiger charge is 2.31. The lowest BCUT2D eigenvalue weighted by atomic mass is 10.00. The van der Waals surface area contributed by atoms with E-state index in [9.17, 15) is 14.4 Å². The molecule has 2 amide bonds. The van der Waals surface area contributed by atoms with E-state index in [2.05, 4.69) is 5.32 Å². The zero-order chi connectivity index (χ0) is 15.1. The lowest BCUT2D eigenvalue weighted by Crippen LogP contribution is -2.50. The lowest BCUT2D eigenvalue weighted by molar-refractivity contribution is -0.153. The highest BCUT2D eigenvalue weighted by Crippen LogP contribution is 2.17. The van der Waals surface area contributed by atoms with Gasteiger partial charge in [-0.25, -0.2) is 4.79 Å². The van der Waals surface area contributed by atoms with Crippen LogP contribution in [0.3, 0.4) is 0 Å². The van der Waals surface area contributed by atoms with Crippen LogP contribution in [-0.2, 0) is 19.1 Å². The third kappa shape index (κ3) is 4.80. The normalized spacial score (nSPS) is 20.0. The van der Waals surface area contributed by atoms with E-state index < -0.39 is 12.0 Å². The Hall–Kier alpha value is -1.63. The van der Waals surface area contributed by atoms with Gasteiger partial charge in [-0.3, -0.25) is 9.59 Å². The van der Waals surface area contributed by atoms with Gasteiger partial charge in [0.2, 0.25) is 11.8 Å². The minimum absolute atomic E-state index is 0.183. The molecule has 0 aromatic heterocycles. The van der Waals surface area contributed by atoms with Crippen LogP contribution >= 0.6 is 0 Å². The minimum atomic E-state index is -1.06. The third-order valence-electron chi connectivity index (χ3n) is 3.34. The summed E-state index contributed by atoms with van der Waals surface area (Å²) in [6, 6.07) is -0.918. The second-order valence-corrected chi connectivity index (χ2v) is 4.94. The first kappa shape index (κ1) is 16.4. The van der Waals surface area contributed by atoms with Crippen LogP contribution in [0.4, 0.5) is 0 Å². The summed E-state index contributed by atoms with van der Waals surface area (Å²) in [6.45, 7) is 4.25. The summed E-state index contributed by atoms with van der Waals surface area (Å²) in [6.07, 6.45) is 1.51. The van der Waals surface area contributed by atoms with Gasteiger partial charge in [0.1, 0.15) is 6.04 Å². The van der Waals surface area contributed by atoms with Crippen molar-refractivity contribution in [2.45, 2.75) is 32.7 Å². The van der Waals surface area contributed by atoms with Gasteiger partial charge in [0, 0.05) is 26.6 Å². The summed E-state index contributed by atoms with van der Waals surface area (Å²) in [5.41, 5.74) is 0. The van der Waals surface area contributed by atoms with Crippen molar-refractivity contribution < 1.29 is 24.2 Å². The molecule has 0 bridgehead atoms. The lowest BCUT2D eigenvalue weighted by Gasteiger charge is -2.31. The molecule has 2 atom stereocenters. The van der Waals surface area contributed by atoms with Crippen LogP contribution in [0.2, 0.25) is 0 Å². The fraction of sp³-hybridized carbons (Fsp3) is 0.769. The predicted molar refractivity (Wildman–Crippen MR) is 71.0 cm³/mol. The van der Waals surface area contributed by atoms with Crippen LogP contribution in [0.25, 0.3) is 0 Å².